The number of Topliss-reactive ketones (excluding diaryl/α,β-unsaturated/α-hetero) is 2. The molecule has 3 aromatic rings. The molecule has 0 radical (unpaired) electrons. The Hall–Kier alpha value is -4.94. The number of ketones is 2. The number of fused-ring (bicyclic) bond motifs is 3. The van der Waals surface area contributed by atoms with Crippen LogP contribution >= 0.6 is 0 Å². The zero-order chi connectivity index (χ0) is 34.0. The van der Waals surface area contributed by atoms with Gasteiger partial charge in [0.15, 0.2) is 11.4 Å². The second-order valence-corrected chi connectivity index (χ2v) is 12.3. The summed E-state index contributed by atoms with van der Waals surface area (Å²) in [6.45, 7) is -0.0339. The van der Waals surface area contributed by atoms with E-state index in [1.54, 1.807) is 43.3 Å². The number of benzene rings is 3. The van der Waals surface area contributed by atoms with Gasteiger partial charge in [-0.15, -0.1) is 0 Å². The molecule has 3 aliphatic rings. The van der Waals surface area contributed by atoms with E-state index < -0.39 is 69.8 Å². The van der Waals surface area contributed by atoms with Crippen LogP contribution in [0.5, 0.6) is 5.75 Å². The number of nitrogens with two attached hydrogens (primary N) is 1. The van der Waals surface area contributed by atoms with Gasteiger partial charge in [0.05, 0.1) is 17.2 Å². The van der Waals surface area contributed by atoms with Crippen LogP contribution in [0, 0.1) is 11.8 Å². The van der Waals surface area contributed by atoms with Crippen molar-refractivity contribution in [3.63, 3.8) is 0 Å². The Balaban J connectivity index is 1.47. The van der Waals surface area contributed by atoms with Crippen LogP contribution in [0.2, 0.25) is 0 Å². The lowest BCUT2D eigenvalue weighted by Crippen LogP contribution is -2.64. The van der Waals surface area contributed by atoms with Crippen LogP contribution in [-0.4, -0.2) is 63.4 Å². The van der Waals surface area contributed by atoms with Crippen LogP contribution in [0.3, 0.4) is 0 Å². The summed E-state index contributed by atoms with van der Waals surface area (Å²) in [7, 11) is 3.29. The van der Waals surface area contributed by atoms with Crippen LogP contribution < -0.4 is 5.73 Å². The van der Waals surface area contributed by atoms with Crippen molar-refractivity contribution >= 4 is 17.5 Å². The Morgan fingerprint density at radius 2 is 1.68 bits per heavy atom. The summed E-state index contributed by atoms with van der Waals surface area (Å²) >= 11 is 0. The summed E-state index contributed by atoms with van der Waals surface area (Å²) in [4.78, 5) is 42.4. The number of carbonyl (C=O) groups is 3. The molecule has 0 aliphatic heterocycles. The van der Waals surface area contributed by atoms with Crippen molar-refractivity contribution in [2.45, 2.75) is 37.3 Å². The van der Waals surface area contributed by atoms with Crippen molar-refractivity contribution in [3.8, 4) is 16.9 Å². The second kappa shape index (κ2) is 11.4. The summed E-state index contributed by atoms with van der Waals surface area (Å²) in [5, 5.41) is 34.5. The molecule has 5 N–H and O–H groups in total. The van der Waals surface area contributed by atoms with E-state index in [-0.39, 0.29) is 36.3 Å². The van der Waals surface area contributed by atoms with E-state index in [1.807, 2.05) is 6.07 Å². The fourth-order valence-corrected chi connectivity index (χ4v) is 7.23. The first-order valence-corrected chi connectivity index (χ1v) is 14.8. The molecule has 0 bridgehead atoms. The Labute approximate surface area is 267 Å². The van der Waals surface area contributed by atoms with Gasteiger partial charge in [0.1, 0.15) is 29.4 Å². The zero-order valence-corrected chi connectivity index (χ0v) is 25.3. The molecule has 244 valence electrons. The number of phenols is 1. The van der Waals surface area contributed by atoms with Crippen molar-refractivity contribution in [1.82, 2.24) is 4.90 Å². The van der Waals surface area contributed by atoms with Gasteiger partial charge in [0.25, 0.3) is 5.91 Å². The highest BCUT2D eigenvalue weighted by atomic mass is 19.4. The molecule has 4 atom stereocenters. The van der Waals surface area contributed by atoms with Gasteiger partial charge in [-0.1, -0.05) is 48.5 Å². The third-order valence-corrected chi connectivity index (χ3v) is 9.35. The molecule has 47 heavy (non-hydrogen) atoms. The first-order chi connectivity index (χ1) is 22.2. The topological polar surface area (TPSA) is 150 Å². The van der Waals surface area contributed by atoms with Gasteiger partial charge < -0.3 is 25.8 Å². The second-order valence-electron chi connectivity index (χ2n) is 12.3. The number of amides is 1. The number of aliphatic hydroxyl groups excluding tert-OH is 1. The number of hydrogen-bond donors (Lipinski definition) is 4. The maximum atomic E-state index is 14.0. The van der Waals surface area contributed by atoms with E-state index in [1.165, 1.54) is 24.3 Å². The molecular weight excluding hydrogens is 617 g/mol. The lowest BCUT2D eigenvalue weighted by atomic mass is 9.58. The molecule has 3 aliphatic carbocycles. The summed E-state index contributed by atoms with van der Waals surface area (Å²) in [6.07, 6.45) is -4.55. The summed E-state index contributed by atoms with van der Waals surface area (Å²) in [6, 6.07) is 15.1. The van der Waals surface area contributed by atoms with Crippen LogP contribution in [0.15, 0.2) is 89.4 Å². The van der Waals surface area contributed by atoms with E-state index in [0.29, 0.717) is 16.7 Å². The number of halogens is 3. The maximum Gasteiger partial charge on any atom is 0.416 e. The smallest absolute Gasteiger partial charge is 0.416 e. The molecule has 3 aromatic carbocycles. The number of phenolic OH excluding ortho intramolecular Hbond substituents is 1. The van der Waals surface area contributed by atoms with Gasteiger partial charge in [0, 0.05) is 11.5 Å². The predicted molar refractivity (Wildman–Crippen MR) is 163 cm³/mol. The van der Waals surface area contributed by atoms with Crippen LogP contribution in [-0.2, 0) is 33.5 Å². The molecule has 0 aromatic heterocycles. The standard InChI is InChI=1S/C35H31F3N2O7/c1-40(2)28-23-15-19-14-22-21(18-8-10-20(11-9-18)35(36,37)38)12-13-24(41)26(22)29(42)25(19)31(43)34(23,46)32(44)27(33(39)45)30(28)47-16-17-6-4-3-5-7-17/h3-13,19,23,28,41,43,46H,14-16H2,1-2H3,(H2,39,45). The molecular formula is C35H31F3N2O7. The highest BCUT2D eigenvalue weighted by molar-refractivity contribution is 6.25. The number of ether oxygens (including phenoxy) is 1. The minimum absolute atomic E-state index is 0.0339. The molecule has 9 nitrogen and oxygen atoms in total. The zero-order valence-electron chi connectivity index (χ0n) is 25.3. The number of rotatable bonds is 6. The van der Waals surface area contributed by atoms with E-state index in [0.717, 1.165) is 17.7 Å². The quantitative estimate of drug-likeness (QED) is 0.286. The number of aromatic hydroxyl groups is 1. The maximum absolute atomic E-state index is 14.0. The number of allylic oxidation sites excluding steroid dienone is 1. The molecule has 0 heterocycles. The first kappa shape index (κ1) is 32.0. The van der Waals surface area contributed by atoms with Gasteiger partial charge in [0.2, 0.25) is 5.78 Å². The third kappa shape index (κ3) is 5.08. The van der Waals surface area contributed by atoms with Gasteiger partial charge >= 0.3 is 6.18 Å². The Morgan fingerprint density at radius 3 is 2.28 bits per heavy atom. The van der Waals surface area contributed by atoms with E-state index in [2.05, 4.69) is 0 Å². The molecule has 4 unspecified atom stereocenters. The Morgan fingerprint density at radius 1 is 1.02 bits per heavy atom. The van der Waals surface area contributed by atoms with Gasteiger partial charge in [-0.05, 0) is 73.3 Å². The predicted octanol–water partition coefficient (Wildman–Crippen LogP) is 4.47. The number of carbonyl (C=O) groups excluding carboxylic acids is 3. The summed E-state index contributed by atoms with van der Waals surface area (Å²) in [5.74, 6) is -6.60. The van der Waals surface area contributed by atoms with E-state index >= 15 is 0 Å². The van der Waals surface area contributed by atoms with Crippen molar-refractivity contribution in [3.05, 3.63) is 112 Å². The fourth-order valence-electron chi connectivity index (χ4n) is 7.23. The third-order valence-electron chi connectivity index (χ3n) is 9.35. The van der Waals surface area contributed by atoms with E-state index in [9.17, 15) is 42.9 Å². The minimum Gasteiger partial charge on any atom is -0.508 e. The highest BCUT2D eigenvalue weighted by Gasteiger charge is 2.63. The van der Waals surface area contributed by atoms with Gasteiger partial charge in [-0.3, -0.25) is 19.3 Å². The van der Waals surface area contributed by atoms with Crippen molar-refractivity contribution < 1.29 is 47.6 Å². The average molecular weight is 649 g/mol. The lowest BCUT2D eigenvalue weighted by molar-refractivity contribution is -0.149. The van der Waals surface area contributed by atoms with Crippen LogP contribution in [0.1, 0.15) is 33.5 Å². The SMILES string of the molecule is CN(C)C1C(OCc2ccccc2)=C(C(N)=O)C(=O)C2(O)C(O)=C3C(=O)c4c(O)ccc(-c5ccc(C(F)(F)F)cc5)c4CC3CC12. The Kier molecular flexibility index (Phi) is 7.76. The number of likely N-dealkylation sites (N-methyl/N-ethyl adjacent to an activating group) is 1. The average Bonchev–Trinajstić information content (AvgIpc) is 3.01. The largest absolute Gasteiger partial charge is 0.508 e. The summed E-state index contributed by atoms with van der Waals surface area (Å²) < 4.78 is 45.8. The van der Waals surface area contributed by atoms with Gasteiger partial charge in [-0.2, -0.15) is 13.2 Å². The minimum atomic E-state index is -4.55. The number of alkyl halides is 3. The van der Waals surface area contributed by atoms with E-state index in [4.69, 9.17) is 10.5 Å². The molecule has 12 heteroatoms. The highest BCUT2D eigenvalue weighted by Crippen LogP contribution is 2.53. The number of nitrogens with zero attached hydrogens (tertiary/aromatic N) is 1. The lowest BCUT2D eigenvalue weighted by Gasteiger charge is -2.50. The molecule has 6 rings (SSSR count). The fraction of sp³-hybridized carbons (Fsp3) is 0.286. The molecule has 0 saturated heterocycles. The number of hydrogen-bond acceptors (Lipinski definition) is 8. The van der Waals surface area contributed by atoms with Crippen LogP contribution in [0.4, 0.5) is 13.2 Å². The number of primary amides is 1. The van der Waals surface area contributed by atoms with Crippen molar-refractivity contribution in [2.24, 2.45) is 17.6 Å². The number of aliphatic hydroxyl groups is 2. The van der Waals surface area contributed by atoms with Crippen LogP contribution in [0.25, 0.3) is 11.1 Å². The first-order valence-electron chi connectivity index (χ1n) is 14.8. The molecule has 1 amide bonds. The molecule has 0 saturated carbocycles. The summed E-state index contributed by atoms with van der Waals surface area (Å²) in [5.41, 5.74) is 2.81. The van der Waals surface area contributed by atoms with Gasteiger partial charge in [-0.25, -0.2) is 0 Å². The molecule has 0 fully saturated rings. The van der Waals surface area contributed by atoms with Crippen molar-refractivity contribution in [2.75, 3.05) is 14.1 Å². The Bertz CT molecular complexity index is 1870. The molecule has 0 spiro atoms. The monoisotopic (exact) mass is 648 g/mol. The normalized spacial score (nSPS) is 24.2. The van der Waals surface area contributed by atoms with Crippen molar-refractivity contribution in [1.29, 1.82) is 0 Å².